The normalized spacial score (nSPS) is 11.5. The fourth-order valence-corrected chi connectivity index (χ4v) is 2.84. The Labute approximate surface area is 188 Å². The van der Waals surface area contributed by atoms with E-state index in [0.29, 0.717) is 29.2 Å². The number of alkyl halides is 3. The van der Waals surface area contributed by atoms with Gasteiger partial charge in [-0.1, -0.05) is 19.1 Å². The summed E-state index contributed by atoms with van der Waals surface area (Å²) in [5, 5.41) is 0. The molecule has 0 fully saturated rings. The number of carbonyl (C=O) groups excluding carboxylic acids is 1. The molecule has 1 aromatic heterocycles. The highest BCUT2D eigenvalue weighted by atomic mass is 19.4. The molecule has 174 valence electrons. The first-order chi connectivity index (χ1) is 15.8. The summed E-state index contributed by atoms with van der Waals surface area (Å²) in [5.41, 5.74) is 1.17. The Balaban J connectivity index is 1.76. The zero-order valence-electron chi connectivity index (χ0n) is 18.0. The Kier molecular flexibility index (Phi) is 7.76. The number of nitrogens with zero attached hydrogens (tertiary/aromatic N) is 1. The average molecular weight is 461 g/mol. The molecule has 3 rings (SSSR count). The van der Waals surface area contributed by atoms with Crippen LogP contribution in [0.25, 0.3) is 17.5 Å². The van der Waals surface area contributed by atoms with Crippen molar-refractivity contribution in [2.24, 2.45) is 0 Å². The highest BCUT2D eigenvalue weighted by molar-refractivity contribution is 6.08. The van der Waals surface area contributed by atoms with Gasteiger partial charge >= 0.3 is 6.18 Å². The lowest BCUT2D eigenvalue weighted by atomic mass is 10.1. The molecule has 0 aliphatic heterocycles. The van der Waals surface area contributed by atoms with Gasteiger partial charge in [-0.3, -0.25) is 4.79 Å². The van der Waals surface area contributed by atoms with E-state index in [4.69, 9.17) is 18.6 Å². The Morgan fingerprint density at radius 3 is 2.61 bits per heavy atom. The third-order valence-corrected chi connectivity index (χ3v) is 4.34. The quantitative estimate of drug-likeness (QED) is 0.273. The molecule has 0 unspecified atom stereocenters. The molecule has 0 atom stereocenters. The average Bonchev–Trinajstić information content (AvgIpc) is 3.28. The van der Waals surface area contributed by atoms with Gasteiger partial charge in [-0.15, -0.1) is 0 Å². The number of ketones is 1. The number of methoxy groups -OCH3 is 1. The second kappa shape index (κ2) is 10.7. The fraction of sp³-hybridized carbons (Fsp3) is 0.250. The zero-order chi connectivity index (χ0) is 23.8. The van der Waals surface area contributed by atoms with Crippen molar-refractivity contribution in [3.05, 3.63) is 66.1 Å². The van der Waals surface area contributed by atoms with Crippen LogP contribution in [-0.4, -0.2) is 37.3 Å². The van der Waals surface area contributed by atoms with Crippen molar-refractivity contribution in [1.29, 1.82) is 0 Å². The molecule has 2 aromatic carbocycles. The minimum absolute atomic E-state index is 0.0959. The van der Waals surface area contributed by atoms with Crippen LogP contribution in [0.4, 0.5) is 13.2 Å². The van der Waals surface area contributed by atoms with E-state index in [2.05, 4.69) is 4.98 Å². The van der Waals surface area contributed by atoms with Crippen LogP contribution in [0.15, 0.2) is 59.2 Å². The van der Waals surface area contributed by atoms with Crippen molar-refractivity contribution in [3.63, 3.8) is 0 Å². The largest absolute Gasteiger partial charge is 0.493 e. The lowest BCUT2D eigenvalue weighted by molar-refractivity contribution is -0.153. The summed E-state index contributed by atoms with van der Waals surface area (Å²) in [5.74, 6) is 0.428. The monoisotopic (exact) mass is 461 g/mol. The number of carbonyl (C=O) groups is 1. The number of rotatable bonds is 10. The highest BCUT2D eigenvalue weighted by Crippen LogP contribution is 2.33. The van der Waals surface area contributed by atoms with Gasteiger partial charge in [0.2, 0.25) is 5.89 Å². The summed E-state index contributed by atoms with van der Waals surface area (Å²) in [6.07, 6.45) is 0.486. The van der Waals surface area contributed by atoms with Gasteiger partial charge in [0.1, 0.15) is 17.7 Å². The smallest absolute Gasteiger partial charge is 0.422 e. The van der Waals surface area contributed by atoms with Gasteiger partial charge in [-0.05, 0) is 48.9 Å². The molecular weight excluding hydrogens is 439 g/mol. The lowest BCUT2D eigenvalue weighted by Gasteiger charge is -2.13. The predicted octanol–water partition coefficient (Wildman–Crippen LogP) is 5.98. The molecule has 3 aromatic rings. The topological polar surface area (TPSA) is 70.8 Å². The number of allylic oxidation sites excluding steroid dienone is 1. The van der Waals surface area contributed by atoms with E-state index in [9.17, 15) is 18.0 Å². The molecule has 0 spiro atoms. The van der Waals surface area contributed by atoms with Gasteiger partial charge in [0, 0.05) is 5.56 Å². The van der Waals surface area contributed by atoms with Crippen LogP contribution >= 0.6 is 0 Å². The fourth-order valence-electron chi connectivity index (χ4n) is 2.84. The number of benzene rings is 2. The van der Waals surface area contributed by atoms with E-state index in [0.717, 1.165) is 6.42 Å². The van der Waals surface area contributed by atoms with E-state index in [1.807, 2.05) is 6.92 Å². The summed E-state index contributed by atoms with van der Waals surface area (Å²) < 4.78 is 58.5. The summed E-state index contributed by atoms with van der Waals surface area (Å²) in [7, 11) is 1.33. The number of hydrogen-bond donors (Lipinski definition) is 0. The minimum Gasteiger partial charge on any atom is -0.493 e. The molecule has 0 radical (unpaired) electrons. The molecule has 1 heterocycles. The Morgan fingerprint density at radius 2 is 1.88 bits per heavy atom. The first kappa shape index (κ1) is 23.9. The maximum atomic E-state index is 12.6. The van der Waals surface area contributed by atoms with Crippen LogP contribution in [0.3, 0.4) is 0 Å². The summed E-state index contributed by atoms with van der Waals surface area (Å²) in [6, 6.07) is 11.3. The second-order valence-corrected chi connectivity index (χ2v) is 6.89. The van der Waals surface area contributed by atoms with Crippen LogP contribution < -0.4 is 14.2 Å². The van der Waals surface area contributed by atoms with Crippen LogP contribution in [0.2, 0.25) is 0 Å². The van der Waals surface area contributed by atoms with Crippen molar-refractivity contribution in [1.82, 2.24) is 4.98 Å². The molecule has 0 amide bonds. The number of halogens is 3. The molecule has 0 aliphatic carbocycles. The third kappa shape index (κ3) is 6.61. The van der Waals surface area contributed by atoms with Crippen molar-refractivity contribution in [2.75, 3.05) is 20.3 Å². The minimum atomic E-state index is -4.49. The molecule has 0 bridgehead atoms. The van der Waals surface area contributed by atoms with Crippen LogP contribution in [0, 0.1) is 0 Å². The van der Waals surface area contributed by atoms with Crippen molar-refractivity contribution in [2.45, 2.75) is 19.5 Å². The first-order valence-electron chi connectivity index (χ1n) is 10.1. The molecule has 0 aliphatic rings. The Morgan fingerprint density at radius 1 is 1.09 bits per heavy atom. The van der Waals surface area contributed by atoms with Gasteiger partial charge in [0.25, 0.3) is 0 Å². The molecule has 0 saturated carbocycles. The van der Waals surface area contributed by atoms with Crippen LogP contribution in [-0.2, 0) is 0 Å². The van der Waals surface area contributed by atoms with Crippen molar-refractivity contribution in [3.8, 4) is 28.7 Å². The first-order valence-corrected chi connectivity index (χ1v) is 10.1. The van der Waals surface area contributed by atoms with Crippen molar-refractivity contribution >= 4 is 11.9 Å². The van der Waals surface area contributed by atoms with E-state index in [1.165, 1.54) is 37.7 Å². The standard InChI is InChI=1S/C24H22F3NO5/c1-3-12-31-20-7-5-4-6-18(20)19(29)10-9-17-14-32-23(28-17)16-8-11-21(30-2)22(13-16)33-15-24(25,26)27/h4-11,13-14H,3,12,15H2,1-2H3. The Hall–Kier alpha value is -3.75. The number of oxazole rings is 1. The van der Waals surface area contributed by atoms with Gasteiger partial charge in [-0.2, -0.15) is 13.2 Å². The van der Waals surface area contributed by atoms with Gasteiger partial charge in [-0.25, -0.2) is 4.98 Å². The maximum absolute atomic E-state index is 12.6. The van der Waals surface area contributed by atoms with E-state index < -0.39 is 12.8 Å². The Bertz CT molecular complexity index is 1120. The third-order valence-electron chi connectivity index (χ3n) is 4.34. The molecule has 0 N–H and O–H groups in total. The van der Waals surface area contributed by atoms with E-state index >= 15 is 0 Å². The SMILES string of the molecule is CCCOc1ccccc1C(=O)C=Cc1coc(-c2ccc(OC)c(OCC(F)(F)F)c2)n1. The second-order valence-electron chi connectivity index (χ2n) is 6.89. The maximum Gasteiger partial charge on any atom is 0.422 e. The zero-order valence-corrected chi connectivity index (χ0v) is 18.0. The molecule has 9 heteroatoms. The van der Waals surface area contributed by atoms with Crippen molar-refractivity contribution < 1.29 is 36.6 Å². The summed E-state index contributed by atoms with van der Waals surface area (Å²) >= 11 is 0. The molecule has 33 heavy (non-hydrogen) atoms. The number of para-hydroxylation sites is 1. The molecule has 0 saturated heterocycles. The van der Waals surface area contributed by atoms with E-state index in [-0.39, 0.29) is 23.2 Å². The molecular formula is C24H22F3NO5. The number of ether oxygens (including phenoxy) is 3. The molecule has 6 nitrogen and oxygen atoms in total. The predicted molar refractivity (Wildman–Crippen MR) is 116 cm³/mol. The number of hydrogen-bond acceptors (Lipinski definition) is 6. The highest BCUT2D eigenvalue weighted by Gasteiger charge is 2.29. The van der Waals surface area contributed by atoms with Gasteiger partial charge in [0.15, 0.2) is 23.9 Å². The van der Waals surface area contributed by atoms with E-state index in [1.54, 1.807) is 30.3 Å². The number of aromatic nitrogens is 1. The van der Waals surface area contributed by atoms with Crippen LogP contribution in [0.5, 0.6) is 17.2 Å². The van der Waals surface area contributed by atoms with Crippen LogP contribution in [0.1, 0.15) is 29.4 Å². The van der Waals surface area contributed by atoms with Gasteiger partial charge in [0.05, 0.1) is 19.3 Å². The van der Waals surface area contributed by atoms with Gasteiger partial charge < -0.3 is 18.6 Å². The summed E-state index contributed by atoms with van der Waals surface area (Å²) in [4.78, 5) is 16.9. The summed E-state index contributed by atoms with van der Waals surface area (Å²) in [6.45, 7) is 1.01. The lowest BCUT2D eigenvalue weighted by Crippen LogP contribution is -2.19.